The number of carboxylic acid groups (broad SMARTS) is 1. The maximum Gasteiger partial charge on any atom is 0.335 e. The van der Waals surface area contributed by atoms with E-state index in [1.54, 1.807) is 30.3 Å². The van der Waals surface area contributed by atoms with Gasteiger partial charge in [0.05, 0.1) is 23.9 Å². The molecular formula is C17H24O4. The van der Waals surface area contributed by atoms with Crippen LogP contribution in [0.1, 0.15) is 44.0 Å². The minimum atomic E-state index is -0.879. The molecular weight excluding hydrogens is 268 g/mol. The summed E-state index contributed by atoms with van der Waals surface area (Å²) in [7, 11) is 0. The van der Waals surface area contributed by atoms with Crippen LogP contribution in [0.15, 0.2) is 42.0 Å². The van der Waals surface area contributed by atoms with Gasteiger partial charge in [-0.15, -0.1) is 0 Å². The predicted octanol–water partition coefficient (Wildman–Crippen LogP) is 3.27. The SMILES string of the molecule is CC(=CCO)CCC1OC1(C)C.O=C(O)c1ccccc1. The van der Waals surface area contributed by atoms with Crippen LogP contribution in [0.4, 0.5) is 0 Å². The molecule has 1 aromatic carbocycles. The fourth-order valence-corrected chi connectivity index (χ4v) is 1.94. The summed E-state index contributed by atoms with van der Waals surface area (Å²) in [5.74, 6) is -0.879. The van der Waals surface area contributed by atoms with Crippen LogP contribution in [-0.4, -0.2) is 34.5 Å². The van der Waals surface area contributed by atoms with Gasteiger partial charge in [-0.3, -0.25) is 0 Å². The molecule has 0 amide bonds. The van der Waals surface area contributed by atoms with Crippen molar-refractivity contribution in [1.29, 1.82) is 0 Å². The summed E-state index contributed by atoms with van der Waals surface area (Å²) < 4.78 is 5.44. The molecule has 1 saturated heterocycles. The monoisotopic (exact) mass is 292 g/mol. The summed E-state index contributed by atoms with van der Waals surface area (Å²) in [4.78, 5) is 10.2. The van der Waals surface area contributed by atoms with Gasteiger partial charge in [-0.2, -0.15) is 0 Å². The Morgan fingerprint density at radius 2 is 1.90 bits per heavy atom. The molecule has 4 nitrogen and oxygen atoms in total. The number of allylic oxidation sites excluding steroid dienone is 1. The fraction of sp³-hybridized carbons (Fsp3) is 0.471. The summed E-state index contributed by atoms with van der Waals surface area (Å²) in [5, 5.41) is 17.0. The molecule has 0 bridgehead atoms. The highest BCUT2D eigenvalue weighted by Gasteiger charge is 2.46. The standard InChI is InChI=1S/C10H18O2.C7H6O2/c1-8(6-7-11)4-5-9-10(2,3)12-9;8-7(9)6-4-2-1-3-5-6/h6,9,11H,4-5,7H2,1-3H3;1-5H,(H,8,9). The topological polar surface area (TPSA) is 70.1 Å². The number of epoxide rings is 1. The second-order valence-electron chi connectivity index (χ2n) is 5.65. The number of carboxylic acids is 1. The molecule has 116 valence electrons. The second-order valence-corrected chi connectivity index (χ2v) is 5.65. The van der Waals surface area contributed by atoms with Crippen molar-refractivity contribution in [2.75, 3.05) is 6.61 Å². The van der Waals surface area contributed by atoms with E-state index in [1.165, 1.54) is 5.57 Å². The minimum Gasteiger partial charge on any atom is -0.478 e. The van der Waals surface area contributed by atoms with Crippen LogP contribution in [0.2, 0.25) is 0 Å². The van der Waals surface area contributed by atoms with Gasteiger partial charge in [0.15, 0.2) is 0 Å². The second kappa shape index (κ2) is 7.96. The maximum absolute atomic E-state index is 10.2. The number of hydrogen-bond acceptors (Lipinski definition) is 3. The number of carbonyl (C=O) groups is 1. The lowest BCUT2D eigenvalue weighted by Crippen LogP contribution is -2.02. The van der Waals surface area contributed by atoms with E-state index < -0.39 is 5.97 Å². The number of aliphatic hydroxyl groups is 1. The van der Waals surface area contributed by atoms with Crippen LogP contribution in [-0.2, 0) is 4.74 Å². The van der Waals surface area contributed by atoms with Crippen LogP contribution < -0.4 is 0 Å². The molecule has 1 unspecified atom stereocenters. The van der Waals surface area contributed by atoms with E-state index >= 15 is 0 Å². The molecule has 1 heterocycles. The zero-order valence-corrected chi connectivity index (χ0v) is 12.9. The van der Waals surface area contributed by atoms with Crippen LogP contribution in [0.3, 0.4) is 0 Å². The van der Waals surface area contributed by atoms with Gasteiger partial charge in [-0.05, 0) is 45.7 Å². The van der Waals surface area contributed by atoms with Crippen LogP contribution in [0, 0.1) is 0 Å². The van der Waals surface area contributed by atoms with Crippen molar-refractivity contribution in [3.05, 3.63) is 47.5 Å². The summed E-state index contributed by atoms with van der Waals surface area (Å²) >= 11 is 0. The van der Waals surface area contributed by atoms with Crippen molar-refractivity contribution in [3.8, 4) is 0 Å². The highest BCUT2D eigenvalue weighted by molar-refractivity contribution is 5.87. The molecule has 1 aliphatic heterocycles. The first-order valence-electron chi connectivity index (χ1n) is 7.09. The van der Waals surface area contributed by atoms with E-state index in [4.69, 9.17) is 14.9 Å². The highest BCUT2D eigenvalue weighted by atomic mass is 16.6. The summed E-state index contributed by atoms with van der Waals surface area (Å²) in [5.41, 5.74) is 1.70. The Kier molecular flexibility index (Phi) is 6.59. The first-order chi connectivity index (χ1) is 9.86. The largest absolute Gasteiger partial charge is 0.478 e. The van der Waals surface area contributed by atoms with Gasteiger partial charge in [-0.1, -0.05) is 29.8 Å². The molecule has 2 N–H and O–H groups in total. The van der Waals surface area contributed by atoms with Crippen LogP contribution in [0.25, 0.3) is 0 Å². The molecule has 0 aromatic heterocycles. The van der Waals surface area contributed by atoms with Crippen molar-refractivity contribution in [1.82, 2.24) is 0 Å². The predicted molar refractivity (Wildman–Crippen MR) is 82.4 cm³/mol. The van der Waals surface area contributed by atoms with Gasteiger partial charge in [0, 0.05) is 0 Å². The Morgan fingerprint density at radius 3 is 2.29 bits per heavy atom. The third kappa shape index (κ3) is 6.56. The zero-order chi connectivity index (χ0) is 15.9. The normalized spacial score (nSPS) is 19.4. The van der Waals surface area contributed by atoms with Crippen LogP contribution in [0.5, 0.6) is 0 Å². The van der Waals surface area contributed by atoms with Gasteiger partial charge in [-0.25, -0.2) is 4.79 Å². The molecule has 1 aliphatic rings. The lowest BCUT2D eigenvalue weighted by Gasteiger charge is -1.98. The van der Waals surface area contributed by atoms with Gasteiger partial charge < -0.3 is 14.9 Å². The Hall–Kier alpha value is -1.65. The fourth-order valence-electron chi connectivity index (χ4n) is 1.94. The van der Waals surface area contributed by atoms with E-state index in [1.807, 2.05) is 13.0 Å². The lowest BCUT2D eigenvalue weighted by molar-refractivity contribution is 0.0697. The molecule has 1 fully saturated rings. The summed E-state index contributed by atoms with van der Waals surface area (Å²) in [6.07, 6.45) is 4.40. The molecule has 21 heavy (non-hydrogen) atoms. The number of ether oxygens (including phenoxy) is 1. The number of aromatic carboxylic acids is 1. The third-order valence-corrected chi connectivity index (χ3v) is 3.43. The first-order valence-corrected chi connectivity index (χ1v) is 7.09. The maximum atomic E-state index is 10.2. The summed E-state index contributed by atoms with van der Waals surface area (Å²) in [6, 6.07) is 8.30. The average molecular weight is 292 g/mol. The molecule has 2 rings (SSSR count). The smallest absolute Gasteiger partial charge is 0.335 e. The summed E-state index contributed by atoms with van der Waals surface area (Å²) in [6.45, 7) is 6.43. The van der Waals surface area contributed by atoms with E-state index in [0.717, 1.165) is 12.8 Å². The van der Waals surface area contributed by atoms with Crippen molar-refractivity contribution in [2.24, 2.45) is 0 Å². The highest BCUT2D eigenvalue weighted by Crippen LogP contribution is 2.38. The minimum absolute atomic E-state index is 0.111. The quantitative estimate of drug-likeness (QED) is 0.645. The third-order valence-electron chi connectivity index (χ3n) is 3.43. The Balaban J connectivity index is 0.000000219. The van der Waals surface area contributed by atoms with Crippen molar-refractivity contribution >= 4 is 5.97 Å². The van der Waals surface area contributed by atoms with Crippen molar-refractivity contribution < 1.29 is 19.7 Å². The molecule has 0 radical (unpaired) electrons. The average Bonchev–Trinajstić information content (AvgIpc) is 3.06. The molecule has 0 aliphatic carbocycles. The first kappa shape index (κ1) is 17.4. The zero-order valence-electron chi connectivity index (χ0n) is 12.9. The Bertz CT molecular complexity index is 477. The molecule has 4 heteroatoms. The molecule has 1 atom stereocenters. The number of rotatable bonds is 5. The molecule has 1 aromatic rings. The number of aliphatic hydroxyl groups excluding tert-OH is 1. The molecule has 0 saturated carbocycles. The number of benzene rings is 1. The Morgan fingerprint density at radius 1 is 1.33 bits per heavy atom. The van der Waals surface area contributed by atoms with Gasteiger partial charge >= 0.3 is 5.97 Å². The van der Waals surface area contributed by atoms with Gasteiger partial charge in [0.1, 0.15) is 0 Å². The van der Waals surface area contributed by atoms with Crippen molar-refractivity contribution in [3.63, 3.8) is 0 Å². The van der Waals surface area contributed by atoms with Gasteiger partial charge in [0.2, 0.25) is 0 Å². The molecule has 0 spiro atoms. The number of hydrogen-bond donors (Lipinski definition) is 2. The Labute approximate surface area is 126 Å². The van der Waals surface area contributed by atoms with E-state index in [9.17, 15) is 4.79 Å². The van der Waals surface area contributed by atoms with E-state index in [2.05, 4.69) is 13.8 Å². The lowest BCUT2D eigenvalue weighted by atomic mass is 10.0. The van der Waals surface area contributed by atoms with E-state index in [-0.39, 0.29) is 12.2 Å². The van der Waals surface area contributed by atoms with Crippen molar-refractivity contribution in [2.45, 2.75) is 45.3 Å². The van der Waals surface area contributed by atoms with E-state index in [0.29, 0.717) is 11.7 Å². The van der Waals surface area contributed by atoms with Gasteiger partial charge in [0.25, 0.3) is 0 Å². The van der Waals surface area contributed by atoms with Crippen LogP contribution >= 0.6 is 0 Å².